The van der Waals surface area contributed by atoms with Crippen molar-refractivity contribution < 1.29 is 16.5 Å². The number of nitrogens with one attached hydrogen (secondary N) is 2. The number of amidine groups is 2. The molecule has 0 bridgehead atoms. The topological polar surface area (TPSA) is 125 Å². The molecule has 4 rings (SSSR count). The number of hydrogen-bond acceptors (Lipinski definition) is 10. The minimum atomic E-state index is 0. The fourth-order valence-electron chi connectivity index (χ4n) is 3.08. The monoisotopic (exact) mass is 650 g/mol. The molecule has 4 heterocycles. The molecule has 4 aromatic heterocycles. The molecule has 0 amide bonds. The first-order valence-corrected chi connectivity index (χ1v) is 13.4. The van der Waals surface area contributed by atoms with Gasteiger partial charge in [0, 0.05) is 24.8 Å². The van der Waals surface area contributed by atoms with Crippen molar-refractivity contribution in [3.63, 3.8) is 0 Å². The molecule has 2 N–H and O–H groups in total. The van der Waals surface area contributed by atoms with Crippen LogP contribution in [0.4, 0.5) is 0 Å². The Morgan fingerprint density at radius 3 is 1.12 bits per heavy atom. The van der Waals surface area contributed by atoms with E-state index in [1.54, 1.807) is 36.9 Å². The molecule has 0 atom stereocenters. The molecular formula is C30H28N10NiS2. The Balaban J connectivity index is 0.000000293. The Morgan fingerprint density at radius 1 is 0.581 bits per heavy atom. The summed E-state index contributed by atoms with van der Waals surface area (Å²) in [5.41, 5.74) is 9.50. The Labute approximate surface area is 272 Å². The van der Waals surface area contributed by atoms with Gasteiger partial charge >= 0.3 is 16.5 Å². The summed E-state index contributed by atoms with van der Waals surface area (Å²) in [5.74, 6) is 0. The van der Waals surface area contributed by atoms with E-state index in [-0.39, 0.29) is 16.5 Å². The van der Waals surface area contributed by atoms with Gasteiger partial charge in [-0.1, -0.05) is 36.4 Å². The van der Waals surface area contributed by atoms with Gasteiger partial charge < -0.3 is 25.3 Å². The van der Waals surface area contributed by atoms with Gasteiger partial charge in [0.25, 0.3) is 0 Å². The second-order valence-corrected chi connectivity index (χ2v) is 8.65. The van der Waals surface area contributed by atoms with E-state index in [0.29, 0.717) is 57.6 Å². The van der Waals surface area contributed by atoms with Crippen molar-refractivity contribution in [1.29, 1.82) is 0 Å². The maximum absolute atomic E-state index is 5.06. The van der Waals surface area contributed by atoms with Crippen LogP contribution in [0.1, 0.15) is 22.8 Å². The summed E-state index contributed by atoms with van der Waals surface area (Å²) in [6.45, 7) is 8.07. The van der Waals surface area contributed by atoms with E-state index in [1.165, 1.54) is 0 Å². The molecular weight excluding hydrogens is 623 g/mol. The van der Waals surface area contributed by atoms with E-state index in [1.807, 2.05) is 72.8 Å². The summed E-state index contributed by atoms with van der Waals surface area (Å²) >= 11 is 10.1. The van der Waals surface area contributed by atoms with Crippen molar-refractivity contribution in [2.45, 2.75) is 0 Å². The molecule has 43 heavy (non-hydrogen) atoms. The van der Waals surface area contributed by atoms with E-state index >= 15 is 0 Å². The van der Waals surface area contributed by atoms with E-state index in [2.05, 4.69) is 64.1 Å². The molecule has 0 spiro atoms. The third-order valence-corrected chi connectivity index (χ3v) is 5.33. The zero-order valence-electron chi connectivity index (χ0n) is 22.9. The average Bonchev–Trinajstić information content (AvgIpc) is 3.05. The smallest absolute Gasteiger partial charge is 0.741 e. The Hall–Kier alpha value is -4.71. The summed E-state index contributed by atoms with van der Waals surface area (Å²) < 4.78 is 0. The molecule has 0 aliphatic rings. The molecule has 0 saturated carbocycles. The second kappa shape index (κ2) is 20.2. The maximum Gasteiger partial charge on any atom is 2.00 e. The van der Waals surface area contributed by atoms with Crippen LogP contribution in [-0.4, -0.2) is 54.8 Å². The van der Waals surface area contributed by atoms with Crippen molar-refractivity contribution >= 4 is 47.0 Å². The van der Waals surface area contributed by atoms with Crippen LogP contribution in [0.25, 0.3) is 0 Å². The normalized spacial score (nSPS) is 10.5. The van der Waals surface area contributed by atoms with Gasteiger partial charge in [-0.15, -0.1) is 13.2 Å². The van der Waals surface area contributed by atoms with Crippen LogP contribution in [0, 0.1) is 0 Å². The first kappa shape index (κ1) is 34.5. The zero-order valence-corrected chi connectivity index (χ0v) is 25.6. The van der Waals surface area contributed by atoms with Gasteiger partial charge in [0.15, 0.2) is 0 Å². The largest absolute Gasteiger partial charge is 2.00 e. The van der Waals surface area contributed by atoms with Crippen LogP contribution < -0.4 is 10.9 Å². The fraction of sp³-hybridized carbons (Fsp3) is 0.0667. The van der Waals surface area contributed by atoms with Crippen molar-refractivity contribution in [3.8, 4) is 0 Å². The zero-order chi connectivity index (χ0) is 29.8. The van der Waals surface area contributed by atoms with E-state index in [9.17, 15) is 0 Å². The number of aromatic nitrogens is 4. The Kier molecular flexibility index (Phi) is 16.2. The van der Waals surface area contributed by atoms with Crippen molar-refractivity contribution in [1.82, 2.24) is 30.8 Å². The van der Waals surface area contributed by atoms with Gasteiger partial charge in [0.1, 0.15) is 11.4 Å². The number of hydrogen-bond donors (Lipinski definition) is 2. The Morgan fingerprint density at radius 2 is 0.884 bits per heavy atom. The van der Waals surface area contributed by atoms with Crippen LogP contribution >= 0.6 is 0 Å². The first-order chi connectivity index (χ1) is 20.6. The standard InChI is InChI=1S/2C15H15N5S.Ni/c2*1-2-9-18-15(21)20-19-14(12-7-3-5-10-16-12)13-8-4-6-11-17-13;/h2*2-8,10-11H,1,9H2,(H2,18,20,21);/q;;+2/p-2. The molecule has 0 unspecified atom stereocenters. The van der Waals surface area contributed by atoms with Crippen molar-refractivity contribution in [2.75, 3.05) is 13.1 Å². The molecule has 0 aromatic carbocycles. The molecule has 0 saturated heterocycles. The third-order valence-electron chi connectivity index (χ3n) is 4.88. The average molecular weight is 651 g/mol. The van der Waals surface area contributed by atoms with Gasteiger partial charge in [-0.25, -0.2) is 0 Å². The van der Waals surface area contributed by atoms with Gasteiger partial charge in [-0.05, 0) is 58.9 Å². The van der Waals surface area contributed by atoms with Crippen molar-refractivity contribution in [2.24, 2.45) is 20.2 Å². The molecule has 220 valence electrons. The van der Waals surface area contributed by atoms with Gasteiger partial charge in [0.2, 0.25) is 0 Å². The molecule has 4 aromatic rings. The SMILES string of the molecule is C=CCN=C([S-])NN=C(c1ccccn1)c1ccccn1.C=CCN=C([S-])NN=C(c1ccccn1)c1ccccn1.[Ni+2]. The summed E-state index contributed by atoms with van der Waals surface area (Å²) in [6, 6.07) is 22.4. The quantitative estimate of drug-likeness (QED) is 0.0663. The minimum Gasteiger partial charge on any atom is -0.741 e. The van der Waals surface area contributed by atoms with E-state index < -0.39 is 0 Å². The van der Waals surface area contributed by atoms with Crippen LogP contribution in [-0.2, 0) is 41.7 Å². The van der Waals surface area contributed by atoms with Crippen LogP contribution in [0.5, 0.6) is 0 Å². The minimum absolute atomic E-state index is 0. The molecule has 0 aliphatic heterocycles. The summed E-state index contributed by atoms with van der Waals surface area (Å²) in [4.78, 5) is 25.3. The van der Waals surface area contributed by atoms with E-state index in [4.69, 9.17) is 25.3 Å². The number of hydrazone groups is 2. The maximum atomic E-state index is 5.06. The molecule has 0 radical (unpaired) electrons. The summed E-state index contributed by atoms with van der Waals surface area (Å²) in [5, 5.41) is 9.16. The fourth-order valence-corrected chi connectivity index (χ4v) is 3.32. The number of aliphatic imine (C=N–C) groups is 2. The summed E-state index contributed by atoms with van der Waals surface area (Å²) in [7, 11) is 0. The summed E-state index contributed by atoms with van der Waals surface area (Å²) in [6.07, 6.45) is 10.1. The van der Waals surface area contributed by atoms with Crippen molar-refractivity contribution in [3.05, 3.63) is 146 Å². The number of nitrogens with zero attached hydrogens (tertiary/aromatic N) is 8. The third kappa shape index (κ3) is 12.4. The van der Waals surface area contributed by atoms with Crippen LogP contribution in [0.2, 0.25) is 0 Å². The van der Waals surface area contributed by atoms with Gasteiger partial charge in [-0.3, -0.25) is 40.8 Å². The molecule has 10 nitrogen and oxygen atoms in total. The second-order valence-electron chi connectivity index (χ2n) is 7.87. The first-order valence-electron chi connectivity index (χ1n) is 12.6. The number of rotatable bonds is 10. The predicted octanol–water partition coefficient (Wildman–Crippen LogP) is 3.81. The molecule has 0 fully saturated rings. The Bertz CT molecular complexity index is 1320. The molecule has 13 heteroatoms. The number of pyridine rings is 4. The van der Waals surface area contributed by atoms with Crippen LogP contribution in [0.3, 0.4) is 0 Å². The van der Waals surface area contributed by atoms with Gasteiger partial charge in [-0.2, -0.15) is 10.2 Å². The molecule has 0 aliphatic carbocycles. The van der Waals surface area contributed by atoms with E-state index in [0.717, 1.165) is 0 Å². The van der Waals surface area contributed by atoms with Crippen LogP contribution in [0.15, 0.2) is 143 Å². The van der Waals surface area contributed by atoms with Gasteiger partial charge in [0.05, 0.1) is 35.9 Å². The predicted molar refractivity (Wildman–Crippen MR) is 174 cm³/mol.